The van der Waals surface area contributed by atoms with E-state index in [1.54, 1.807) is 4.90 Å². The summed E-state index contributed by atoms with van der Waals surface area (Å²) in [5.41, 5.74) is -2.51. The highest BCUT2D eigenvalue weighted by Crippen LogP contribution is 2.62. The molecule has 7 nitrogen and oxygen atoms in total. The molecule has 1 spiro atoms. The number of alkyl halides is 4. The van der Waals surface area contributed by atoms with Crippen molar-refractivity contribution in [1.29, 1.82) is 0 Å². The first-order valence-electron chi connectivity index (χ1n) is 17.4. The Kier molecular flexibility index (Phi) is 7.62. The molecule has 48 heavy (non-hydrogen) atoms. The van der Waals surface area contributed by atoms with Gasteiger partial charge in [0.2, 0.25) is 5.91 Å². The van der Waals surface area contributed by atoms with Crippen LogP contribution in [0, 0.1) is 22.7 Å². The van der Waals surface area contributed by atoms with Crippen molar-refractivity contribution in [2.75, 3.05) is 11.4 Å². The van der Waals surface area contributed by atoms with Crippen LogP contribution >= 0.6 is 0 Å². The van der Waals surface area contributed by atoms with Crippen LogP contribution in [0.1, 0.15) is 122 Å². The van der Waals surface area contributed by atoms with Gasteiger partial charge in [-0.1, -0.05) is 23.4 Å². The van der Waals surface area contributed by atoms with Crippen LogP contribution in [-0.4, -0.2) is 50.2 Å². The fourth-order valence-electron chi connectivity index (χ4n) is 9.27. The Bertz CT molecular complexity index is 1580. The first-order valence-corrected chi connectivity index (χ1v) is 17.4. The van der Waals surface area contributed by atoms with E-state index in [1.807, 2.05) is 38.1 Å². The number of carbonyl (C=O) groups is 1. The first-order chi connectivity index (χ1) is 22.2. The summed E-state index contributed by atoms with van der Waals surface area (Å²) < 4.78 is 59.9. The van der Waals surface area contributed by atoms with Crippen LogP contribution in [-0.2, 0) is 15.9 Å². The van der Waals surface area contributed by atoms with Gasteiger partial charge in [0.15, 0.2) is 17.1 Å². The van der Waals surface area contributed by atoms with E-state index in [-0.39, 0.29) is 40.4 Å². The summed E-state index contributed by atoms with van der Waals surface area (Å²) in [6.45, 7) is 6.96. The van der Waals surface area contributed by atoms with E-state index in [4.69, 9.17) is 4.52 Å². The maximum atomic E-state index is 14.5. The van der Waals surface area contributed by atoms with Gasteiger partial charge in [-0.3, -0.25) is 4.79 Å². The van der Waals surface area contributed by atoms with Gasteiger partial charge >= 0.3 is 6.18 Å². The molecule has 0 atom stereocenters. The lowest BCUT2D eigenvalue weighted by Gasteiger charge is -2.55. The molecular weight excluding hydrogens is 626 g/mol. The molecule has 262 valence electrons. The summed E-state index contributed by atoms with van der Waals surface area (Å²) in [5.74, 6) is 0.0314. The van der Waals surface area contributed by atoms with Crippen LogP contribution in [0.25, 0.3) is 5.57 Å². The number of aliphatic hydroxyl groups is 2. The minimum atomic E-state index is -4.71. The topological polar surface area (TPSA) is 99.7 Å². The molecule has 6 aliphatic rings. The summed E-state index contributed by atoms with van der Waals surface area (Å²) >= 11 is 0. The number of hydrogen-bond acceptors (Lipinski definition) is 6. The van der Waals surface area contributed by atoms with Crippen molar-refractivity contribution >= 4 is 17.2 Å². The van der Waals surface area contributed by atoms with Gasteiger partial charge in [0.1, 0.15) is 0 Å². The van der Waals surface area contributed by atoms with Crippen molar-refractivity contribution < 1.29 is 37.1 Å². The summed E-state index contributed by atoms with van der Waals surface area (Å²) in [4.78, 5) is 20.3. The maximum absolute atomic E-state index is 14.5. The fourth-order valence-corrected chi connectivity index (χ4v) is 9.27. The zero-order valence-corrected chi connectivity index (χ0v) is 28.3. The molecule has 5 saturated carbocycles. The smallest absolute Gasteiger partial charge is 0.390 e. The molecule has 5 fully saturated rings. The number of nitrogens with zero attached hydrogens (tertiary/aromatic N) is 3. The molecule has 1 heterocycles. The third kappa shape index (κ3) is 5.80. The number of fused-ring (bicyclic) bond motifs is 3. The van der Waals surface area contributed by atoms with Crippen molar-refractivity contribution in [1.82, 2.24) is 10.1 Å². The van der Waals surface area contributed by atoms with Crippen molar-refractivity contribution in [3.05, 3.63) is 47.6 Å². The van der Waals surface area contributed by atoms with Crippen LogP contribution in [0.15, 0.2) is 34.9 Å². The molecule has 2 aromatic rings. The van der Waals surface area contributed by atoms with Crippen LogP contribution in [0.2, 0.25) is 0 Å². The van der Waals surface area contributed by atoms with Crippen molar-refractivity contribution in [2.45, 2.75) is 133 Å². The molecule has 6 aliphatic carbocycles. The van der Waals surface area contributed by atoms with Crippen molar-refractivity contribution in [3.63, 3.8) is 0 Å². The molecule has 1 aromatic carbocycles. The summed E-state index contributed by atoms with van der Waals surface area (Å²) in [7, 11) is 0. The van der Waals surface area contributed by atoms with E-state index in [0.717, 1.165) is 69.0 Å². The Labute approximate surface area is 279 Å². The third-order valence-electron chi connectivity index (χ3n) is 12.7. The number of anilines is 1. The average molecular weight is 674 g/mol. The number of hydrogen-bond donors (Lipinski definition) is 2. The van der Waals surface area contributed by atoms with E-state index in [9.17, 15) is 32.6 Å². The normalized spacial score (nSPS) is 34.7. The zero-order chi connectivity index (χ0) is 34.5. The Morgan fingerprint density at radius 3 is 2.17 bits per heavy atom. The summed E-state index contributed by atoms with van der Waals surface area (Å²) in [6.07, 6.45) is 4.21. The highest BCUT2D eigenvalue weighted by atomic mass is 19.4. The fraction of sp³-hybridized carbons (Fsp3) is 0.703. The Morgan fingerprint density at radius 2 is 1.62 bits per heavy atom. The van der Waals surface area contributed by atoms with Gasteiger partial charge in [0, 0.05) is 24.1 Å². The van der Waals surface area contributed by atoms with Gasteiger partial charge in [0.25, 0.3) is 5.89 Å². The number of halogens is 4. The molecule has 1 amide bonds. The van der Waals surface area contributed by atoms with E-state index in [1.165, 1.54) is 19.4 Å². The second kappa shape index (κ2) is 10.9. The second-order valence-corrected chi connectivity index (χ2v) is 17.2. The second-order valence-electron chi connectivity index (χ2n) is 17.2. The lowest BCUT2D eigenvalue weighted by molar-refractivity contribution is -0.298. The molecule has 2 N–H and O–H groups in total. The standard InChI is InChI=1S/C37H47F4N3O4/c1-31(2,38)30-42-29(43-48-30)35-11-8-33(9-12-35,10-13-35)22-44(28(45)14-23-16-36(47,17-23)37(39,40)41)27-7-5-6-24(15-27)25-18-34(19-25)20-26(21-34)32(3,4)46/h5-7,15,18,23,26,46-47H,8-14,16-17,19-22H2,1-4H3. The van der Waals surface area contributed by atoms with Gasteiger partial charge in [-0.25, -0.2) is 4.39 Å². The lowest BCUT2D eigenvalue weighted by atomic mass is 9.50. The van der Waals surface area contributed by atoms with E-state index < -0.39 is 41.8 Å². The zero-order valence-electron chi connectivity index (χ0n) is 28.3. The van der Waals surface area contributed by atoms with Crippen molar-refractivity contribution in [2.24, 2.45) is 22.7 Å². The molecule has 1 aromatic heterocycles. The van der Waals surface area contributed by atoms with Crippen LogP contribution < -0.4 is 4.90 Å². The predicted molar refractivity (Wildman–Crippen MR) is 171 cm³/mol. The Morgan fingerprint density at radius 1 is 1.00 bits per heavy atom. The molecule has 8 rings (SSSR count). The number of aromatic nitrogens is 2. The SMILES string of the molecule is CC(C)(F)c1nc(C23CCC(CN(C(=O)CC4CC(O)(C(F)(F)F)C4)c4cccc(C5=CC6(C5)CC(C(C)(C)O)C6)c4)(CC2)CC3)no1. The van der Waals surface area contributed by atoms with Gasteiger partial charge in [0.05, 0.1) is 5.60 Å². The van der Waals surface area contributed by atoms with E-state index in [0.29, 0.717) is 12.4 Å². The quantitative estimate of drug-likeness (QED) is 0.262. The number of allylic oxidation sites excluding steroid dienone is 2. The van der Waals surface area contributed by atoms with Gasteiger partial charge in [-0.15, -0.1) is 0 Å². The van der Waals surface area contributed by atoms with Crippen LogP contribution in [0.5, 0.6) is 0 Å². The summed E-state index contributed by atoms with van der Waals surface area (Å²) in [5, 5.41) is 24.6. The number of benzene rings is 1. The summed E-state index contributed by atoms with van der Waals surface area (Å²) in [6, 6.07) is 7.91. The molecule has 0 radical (unpaired) electrons. The maximum Gasteiger partial charge on any atom is 0.417 e. The lowest BCUT2D eigenvalue weighted by Crippen LogP contribution is -2.56. The van der Waals surface area contributed by atoms with Crippen LogP contribution in [0.4, 0.5) is 23.2 Å². The van der Waals surface area contributed by atoms with Gasteiger partial charge in [-0.2, -0.15) is 18.2 Å². The minimum Gasteiger partial charge on any atom is -0.390 e. The third-order valence-corrected chi connectivity index (χ3v) is 12.7. The molecule has 2 bridgehead atoms. The van der Waals surface area contributed by atoms with Gasteiger partial charge < -0.3 is 19.6 Å². The van der Waals surface area contributed by atoms with Crippen molar-refractivity contribution in [3.8, 4) is 0 Å². The van der Waals surface area contributed by atoms with Crippen LogP contribution in [0.3, 0.4) is 0 Å². The van der Waals surface area contributed by atoms with E-state index in [2.05, 4.69) is 16.2 Å². The predicted octanol–water partition coefficient (Wildman–Crippen LogP) is 7.95. The number of rotatable bonds is 9. The number of amides is 1. The molecular formula is C37H47F4N3O4. The van der Waals surface area contributed by atoms with Gasteiger partial charge in [-0.05, 0) is 144 Å². The Hall–Kier alpha value is -2.79. The Balaban J connectivity index is 1.10. The largest absolute Gasteiger partial charge is 0.417 e. The van der Waals surface area contributed by atoms with E-state index >= 15 is 0 Å². The molecule has 0 saturated heterocycles. The number of carbonyl (C=O) groups excluding carboxylic acids is 1. The first kappa shape index (κ1) is 33.7. The highest BCUT2D eigenvalue weighted by molar-refractivity contribution is 5.94. The molecule has 0 unspecified atom stereocenters. The average Bonchev–Trinajstić information content (AvgIpc) is 3.46. The molecule has 0 aliphatic heterocycles. The highest BCUT2D eigenvalue weighted by Gasteiger charge is 2.61. The monoisotopic (exact) mass is 673 g/mol. The minimum absolute atomic E-state index is 0.0267. The molecule has 11 heteroatoms.